The van der Waals surface area contributed by atoms with Gasteiger partial charge in [0, 0.05) is 25.3 Å². The van der Waals surface area contributed by atoms with Crippen LogP contribution in [-0.2, 0) is 18.9 Å². The van der Waals surface area contributed by atoms with Crippen LogP contribution in [0.4, 0.5) is 9.59 Å². The zero-order chi connectivity index (χ0) is 45.3. The quantitative estimate of drug-likeness (QED) is 0.122. The molecule has 6 heterocycles. The Balaban J connectivity index is 0.000000174. The maximum atomic E-state index is 12.0. The van der Waals surface area contributed by atoms with E-state index in [1.54, 1.807) is 21.8 Å². The topological polar surface area (TPSA) is 212 Å². The van der Waals surface area contributed by atoms with Crippen LogP contribution in [0.25, 0.3) is 22.1 Å². The largest absolute Gasteiger partial charge is 0.474 e. The van der Waals surface area contributed by atoms with Crippen LogP contribution in [0.2, 0.25) is 15.7 Å². The molecule has 21 heteroatoms. The van der Waals surface area contributed by atoms with Crippen LogP contribution in [0, 0.1) is 0 Å². The molecule has 2 amide bonds. The first-order valence-electron chi connectivity index (χ1n) is 21.9. The van der Waals surface area contributed by atoms with Gasteiger partial charge in [-0.1, -0.05) is 11.6 Å². The Morgan fingerprint density at radius 3 is 1.59 bits per heavy atom. The lowest BCUT2D eigenvalue weighted by Crippen LogP contribution is -2.42. The normalized spacial score (nSPS) is 24.3. The minimum absolute atomic E-state index is 0.0138. The van der Waals surface area contributed by atoms with Crippen LogP contribution in [0.1, 0.15) is 144 Å². The van der Waals surface area contributed by atoms with Crippen LogP contribution in [0.15, 0.2) is 12.4 Å². The molecule has 4 aromatic rings. The number of carbonyl (C=O) groups is 2. The van der Waals surface area contributed by atoms with E-state index in [0.29, 0.717) is 27.7 Å². The molecule has 4 aromatic heterocycles. The minimum atomic E-state index is -0.505. The predicted octanol–water partition coefficient (Wildman–Crippen LogP) is 9.04. The highest BCUT2D eigenvalue weighted by Crippen LogP contribution is 2.33. The summed E-state index contributed by atoms with van der Waals surface area (Å²) in [4.78, 5) is 40.1. The van der Waals surface area contributed by atoms with Gasteiger partial charge in [0.05, 0.1) is 23.9 Å². The van der Waals surface area contributed by atoms with Gasteiger partial charge in [-0.05, 0) is 155 Å². The third-order valence-corrected chi connectivity index (χ3v) is 11.3. The third kappa shape index (κ3) is 14.6. The monoisotopic (exact) mass is 938 g/mol. The number of hydrogen-bond donors (Lipinski definition) is 3. The van der Waals surface area contributed by atoms with Crippen molar-refractivity contribution in [2.45, 2.75) is 179 Å². The van der Waals surface area contributed by atoms with Gasteiger partial charge in [0.2, 0.25) is 16.4 Å². The van der Waals surface area contributed by atoms with Crippen molar-refractivity contribution in [3.8, 4) is 5.88 Å². The Labute approximate surface area is 382 Å². The number of ether oxygens (including phenoxy) is 5. The van der Waals surface area contributed by atoms with E-state index in [-0.39, 0.29) is 59.5 Å². The summed E-state index contributed by atoms with van der Waals surface area (Å²) in [6.45, 7) is 12.6. The van der Waals surface area contributed by atoms with Crippen LogP contribution in [-0.4, -0.2) is 105 Å². The molecule has 4 aliphatic rings. The van der Waals surface area contributed by atoms with Crippen molar-refractivity contribution in [1.29, 1.82) is 0 Å². The second-order valence-corrected chi connectivity index (χ2v) is 19.3. The van der Waals surface area contributed by atoms with Crippen LogP contribution < -0.4 is 15.4 Å². The van der Waals surface area contributed by atoms with Gasteiger partial charge in [0.25, 0.3) is 0 Å². The molecule has 348 valence electrons. The van der Waals surface area contributed by atoms with E-state index in [0.717, 1.165) is 108 Å². The number of aliphatic hydroxyl groups is 1. The number of aromatic nitrogens is 8. The molecule has 3 N–H and O–H groups in total. The maximum Gasteiger partial charge on any atom is 0.407 e. The highest BCUT2D eigenvalue weighted by molar-refractivity contribution is 6.35. The molecule has 18 nitrogen and oxygen atoms in total. The molecule has 0 spiro atoms. The van der Waals surface area contributed by atoms with Crippen molar-refractivity contribution < 1.29 is 38.4 Å². The molecule has 2 saturated heterocycles. The molecular formula is C42H61Cl3N10O8. The first-order chi connectivity index (χ1) is 29.9. The number of alkyl carbamates (subject to hydrolysis) is 2. The average Bonchev–Trinajstić information content (AvgIpc) is 3.84. The van der Waals surface area contributed by atoms with Gasteiger partial charge in [-0.3, -0.25) is 0 Å². The number of rotatable bonds is 6. The molecule has 2 unspecified atom stereocenters. The summed E-state index contributed by atoms with van der Waals surface area (Å²) in [5.74, 6) is 0.445. The maximum absolute atomic E-state index is 12.0. The molecule has 2 aliphatic carbocycles. The summed E-state index contributed by atoms with van der Waals surface area (Å²) < 4.78 is 31.7. The number of amides is 2. The molecule has 2 atom stereocenters. The predicted molar refractivity (Wildman–Crippen MR) is 237 cm³/mol. The van der Waals surface area contributed by atoms with E-state index in [9.17, 15) is 14.7 Å². The molecule has 63 heavy (non-hydrogen) atoms. The summed E-state index contributed by atoms with van der Waals surface area (Å²) in [7, 11) is 0. The molecule has 0 radical (unpaired) electrons. The second-order valence-electron chi connectivity index (χ2n) is 18.3. The average molecular weight is 940 g/mol. The SMILES string of the molecule is CC(C)(C)OC(=O)NC1CCC(O)CC1.CC(C)(C)OC(=O)NC1CCC(Oc2nc(Cl)nc3c2cnn3C2CCCCO2)CC1.Clc1nc(Cl)c2cnn(C3CCCCO3)c2n1. The number of nitrogens with one attached hydrogen (secondary N) is 2. The highest BCUT2D eigenvalue weighted by Gasteiger charge is 2.29. The molecule has 0 aromatic carbocycles. The van der Waals surface area contributed by atoms with Gasteiger partial charge in [-0.15, -0.1) is 0 Å². The lowest BCUT2D eigenvalue weighted by molar-refractivity contribution is -0.0371. The number of nitrogens with zero attached hydrogens (tertiary/aromatic N) is 8. The van der Waals surface area contributed by atoms with E-state index in [2.05, 4.69) is 40.8 Å². The van der Waals surface area contributed by atoms with Gasteiger partial charge < -0.3 is 39.4 Å². The lowest BCUT2D eigenvalue weighted by Gasteiger charge is -2.30. The van der Waals surface area contributed by atoms with E-state index in [4.69, 9.17) is 58.5 Å². The molecule has 0 bridgehead atoms. The third-order valence-electron chi connectivity index (χ3n) is 10.7. The van der Waals surface area contributed by atoms with Crippen molar-refractivity contribution >= 4 is 69.1 Å². The number of aliphatic hydroxyl groups excluding tert-OH is 1. The standard InChI is InChI=1S/C21H30ClN5O4.C11H21NO3.C10H10Cl2N4O/c1-21(2,3)31-20(28)24-13-7-9-14(10-8-13)30-18-15-12-23-27(16-6-4-5-11-29-16)17(15)25-19(22)26-18;1-11(2,3)15-10(14)12-8-4-6-9(13)7-5-8;11-8-6-5-13-16(7-3-1-2-4-17-7)9(6)15-10(12)14-8/h12-14,16H,4-11H2,1-3H3,(H,24,28);8-9,13H,4-7H2,1-3H3,(H,12,14);5,7H,1-4H2. The number of halogens is 3. The summed E-state index contributed by atoms with van der Waals surface area (Å²) in [6.07, 6.45) is 14.8. The fourth-order valence-corrected chi connectivity index (χ4v) is 8.31. The van der Waals surface area contributed by atoms with Gasteiger partial charge in [0.1, 0.15) is 27.8 Å². The highest BCUT2D eigenvalue weighted by atomic mass is 35.5. The first kappa shape index (κ1) is 48.6. The van der Waals surface area contributed by atoms with Gasteiger partial charge in [-0.2, -0.15) is 25.1 Å². The Morgan fingerprint density at radius 1 is 0.651 bits per heavy atom. The Hall–Kier alpha value is -3.81. The van der Waals surface area contributed by atoms with Crippen molar-refractivity contribution in [2.75, 3.05) is 13.2 Å². The zero-order valence-electron chi connectivity index (χ0n) is 36.9. The van der Waals surface area contributed by atoms with Crippen molar-refractivity contribution in [2.24, 2.45) is 0 Å². The molecule has 2 aliphatic heterocycles. The summed E-state index contributed by atoms with van der Waals surface area (Å²) in [5.41, 5.74) is 0.303. The van der Waals surface area contributed by atoms with E-state index in [1.165, 1.54) is 0 Å². The van der Waals surface area contributed by atoms with Crippen LogP contribution in [0.3, 0.4) is 0 Å². The molecular weight excluding hydrogens is 879 g/mol. The second kappa shape index (κ2) is 21.9. The van der Waals surface area contributed by atoms with E-state index < -0.39 is 11.2 Å². The minimum Gasteiger partial charge on any atom is -0.474 e. The van der Waals surface area contributed by atoms with Crippen molar-refractivity contribution in [3.05, 3.63) is 28.1 Å². The summed E-state index contributed by atoms with van der Waals surface area (Å²) >= 11 is 18.0. The van der Waals surface area contributed by atoms with Gasteiger partial charge in [0.15, 0.2) is 23.8 Å². The number of carbonyl (C=O) groups excluding carboxylic acids is 2. The van der Waals surface area contributed by atoms with Crippen LogP contribution >= 0.6 is 34.8 Å². The molecule has 4 fully saturated rings. The summed E-state index contributed by atoms with van der Waals surface area (Å²) in [5, 5.41) is 25.8. The summed E-state index contributed by atoms with van der Waals surface area (Å²) in [6, 6.07) is 0.234. The van der Waals surface area contributed by atoms with Gasteiger partial charge >= 0.3 is 12.2 Å². The fraction of sp³-hybridized carbons (Fsp3) is 0.714. The van der Waals surface area contributed by atoms with E-state index >= 15 is 0 Å². The Kier molecular flexibility index (Phi) is 16.9. The zero-order valence-corrected chi connectivity index (χ0v) is 39.2. The lowest BCUT2D eigenvalue weighted by atomic mass is 9.93. The van der Waals surface area contributed by atoms with E-state index in [1.807, 2.05) is 41.5 Å². The molecule has 8 rings (SSSR count). The Morgan fingerprint density at radius 2 is 1.11 bits per heavy atom. The molecule has 2 saturated carbocycles. The number of fused-ring (bicyclic) bond motifs is 2. The Bertz CT molecular complexity index is 2120. The fourth-order valence-electron chi connectivity index (χ4n) is 7.74. The smallest absolute Gasteiger partial charge is 0.407 e. The number of hydrogen-bond acceptors (Lipinski definition) is 14. The first-order valence-corrected chi connectivity index (χ1v) is 23.1. The van der Waals surface area contributed by atoms with Crippen LogP contribution in [0.5, 0.6) is 5.88 Å². The van der Waals surface area contributed by atoms with Gasteiger partial charge in [-0.25, -0.2) is 23.9 Å². The van der Waals surface area contributed by atoms with Crippen molar-refractivity contribution in [3.63, 3.8) is 0 Å². The van der Waals surface area contributed by atoms with Crippen molar-refractivity contribution in [1.82, 2.24) is 50.1 Å².